The molecule has 3 N–H and O–H groups in total. The monoisotopic (exact) mass is 409 g/mol. The standard InChI is InChI=1S/C18H10Cl3NO4/c19-9-3-1-8(2-4-9)11(17(23)24)7-12-15-13(21)5-10(20)6-14(15)22-16(12)18(25)26/h1-7,22H,(H,23,24)(H,25,26)/b11-7+. The maximum Gasteiger partial charge on any atom is 0.352 e. The zero-order valence-corrected chi connectivity index (χ0v) is 15.2. The quantitative estimate of drug-likeness (QED) is 0.499. The maximum absolute atomic E-state index is 11.8. The molecule has 0 aliphatic rings. The third-order valence-electron chi connectivity index (χ3n) is 3.74. The smallest absolute Gasteiger partial charge is 0.352 e. The van der Waals surface area contributed by atoms with Gasteiger partial charge >= 0.3 is 11.9 Å². The first-order valence-corrected chi connectivity index (χ1v) is 8.36. The molecule has 26 heavy (non-hydrogen) atoms. The van der Waals surface area contributed by atoms with Crippen LogP contribution in [-0.2, 0) is 4.79 Å². The van der Waals surface area contributed by atoms with Crippen molar-refractivity contribution in [2.45, 2.75) is 0 Å². The Bertz CT molecular complexity index is 1070. The Balaban J connectivity index is 2.32. The molecular formula is C18H10Cl3NO4. The van der Waals surface area contributed by atoms with E-state index in [4.69, 9.17) is 34.8 Å². The van der Waals surface area contributed by atoms with E-state index in [1.807, 2.05) is 0 Å². The van der Waals surface area contributed by atoms with E-state index in [0.29, 0.717) is 26.5 Å². The molecule has 8 heteroatoms. The minimum absolute atomic E-state index is 0.101. The Morgan fingerprint density at radius 3 is 2.19 bits per heavy atom. The number of hydrogen-bond acceptors (Lipinski definition) is 2. The summed E-state index contributed by atoms with van der Waals surface area (Å²) in [6.45, 7) is 0. The number of hydrogen-bond donors (Lipinski definition) is 3. The van der Waals surface area contributed by atoms with Gasteiger partial charge in [0, 0.05) is 26.5 Å². The lowest BCUT2D eigenvalue weighted by Gasteiger charge is -2.05. The number of carboxylic acid groups (broad SMARTS) is 2. The summed E-state index contributed by atoms with van der Waals surface area (Å²) < 4.78 is 0. The van der Waals surface area contributed by atoms with Gasteiger partial charge in [-0.25, -0.2) is 9.59 Å². The highest BCUT2D eigenvalue weighted by atomic mass is 35.5. The minimum atomic E-state index is -1.25. The Hall–Kier alpha value is -2.47. The number of H-pyrrole nitrogens is 1. The van der Waals surface area contributed by atoms with E-state index < -0.39 is 11.9 Å². The number of aromatic carboxylic acids is 1. The summed E-state index contributed by atoms with van der Waals surface area (Å²) in [7, 11) is 0. The highest BCUT2D eigenvalue weighted by Crippen LogP contribution is 2.35. The molecule has 0 saturated carbocycles. The molecule has 3 aromatic rings. The van der Waals surface area contributed by atoms with E-state index >= 15 is 0 Å². The van der Waals surface area contributed by atoms with Crippen LogP contribution in [0.5, 0.6) is 0 Å². The van der Waals surface area contributed by atoms with E-state index in [9.17, 15) is 19.8 Å². The molecule has 2 aromatic carbocycles. The molecule has 0 saturated heterocycles. The van der Waals surface area contributed by atoms with Crippen LogP contribution < -0.4 is 0 Å². The van der Waals surface area contributed by atoms with Crippen molar-refractivity contribution in [2.75, 3.05) is 0 Å². The topological polar surface area (TPSA) is 90.4 Å². The summed E-state index contributed by atoms with van der Waals surface area (Å²) in [6, 6.07) is 9.16. The van der Waals surface area contributed by atoms with Crippen LogP contribution in [0.1, 0.15) is 21.6 Å². The molecule has 0 spiro atoms. The molecule has 3 rings (SSSR count). The third-order valence-corrected chi connectivity index (χ3v) is 4.51. The van der Waals surface area contributed by atoms with Gasteiger partial charge in [0.25, 0.3) is 0 Å². The number of aromatic nitrogens is 1. The van der Waals surface area contributed by atoms with Gasteiger partial charge < -0.3 is 15.2 Å². The van der Waals surface area contributed by atoms with Crippen molar-refractivity contribution < 1.29 is 19.8 Å². The fourth-order valence-corrected chi connectivity index (χ4v) is 3.35. The number of benzene rings is 2. The second kappa shape index (κ2) is 7.03. The molecule has 0 atom stereocenters. The van der Waals surface area contributed by atoms with Crippen LogP contribution >= 0.6 is 34.8 Å². The Kier molecular flexibility index (Phi) is 4.96. The molecule has 0 bridgehead atoms. The lowest BCUT2D eigenvalue weighted by Crippen LogP contribution is -2.02. The summed E-state index contributed by atoms with van der Waals surface area (Å²) in [4.78, 5) is 26.1. The molecule has 1 heterocycles. The van der Waals surface area contributed by atoms with Gasteiger partial charge in [-0.05, 0) is 35.9 Å². The van der Waals surface area contributed by atoms with Gasteiger partial charge in [-0.15, -0.1) is 0 Å². The summed E-state index contributed by atoms with van der Waals surface area (Å²) in [6.07, 6.45) is 1.27. The van der Waals surface area contributed by atoms with Crippen molar-refractivity contribution in [2.24, 2.45) is 0 Å². The lowest BCUT2D eigenvalue weighted by molar-refractivity contribution is -0.130. The first-order valence-electron chi connectivity index (χ1n) is 7.23. The zero-order valence-electron chi connectivity index (χ0n) is 12.9. The summed E-state index contributed by atoms with van der Waals surface area (Å²) in [5.74, 6) is -2.47. The number of halogens is 3. The van der Waals surface area contributed by atoms with Crippen molar-refractivity contribution >= 4 is 69.3 Å². The number of carboxylic acids is 2. The number of aliphatic carboxylic acids is 1. The number of aromatic amines is 1. The molecule has 0 aliphatic heterocycles. The van der Waals surface area contributed by atoms with Crippen molar-refractivity contribution in [3.05, 3.63) is 68.3 Å². The van der Waals surface area contributed by atoms with Crippen LogP contribution in [0.25, 0.3) is 22.6 Å². The highest BCUT2D eigenvalue weighted by Gasteiger charge is 2.21. The molecule has 0 unspecified atom stereocenters. The number of nitrogens with one attached hydrogen (secondary N) is 1. The Morgan fingerprint density at radius 1 is 0.962 bits per heavy atom. The lowest BCUT2D eigenvalue weighted by atomic mass is 10.0. The minimum Gasteiger partial charge on any atom is -0.478 e. The summed E-state index contributed by atoms with van der Waals surface area (Å²) >= 11 is 18.0. The van der Waals surface area contributed by atoms with Crippen molar-refractivity contribution in [1.29, 1.82) is 0 Å². The van der Waals surface area contributed by atoms with Crippen molar-refractivity contribution in [1.82, 2.24) is 4.98 Å². The SMILES string of the molecule is O=C(O)/C(=C/c1c(C(=O)O)[nH]c2cc(Cl)cc(Cl)c12)c1ccc(Cl)cc1. The molecule has 0 aliphatic carbocycles. The predicted molar refractivity (Wildman–Crippen MR) is 102 cm³/mol. The van der Waals surface area contributed by atoms with E-state index in [2.05, 4.69) is 4.98 Å². The van der Waals surface area contributed by atoms with Gasteiger partial charge in [0.05, 0.1) is 10.6 Å². The van der Waals surface area contributed by atoms with E-state index in [1.165, 1.54) is 30.3 Å². The van der Waals surface area contributed by atoms with Crippen LogP contribution in [0.4, 0.5) is 0 Å². The number of fused-ring (bicyclic) bond motifs is 1. The molecule has 0 amide bonds. The van der Waals surface area contributed by atoms with Crippen LogP contribution in [-0.4, -0.2) is 27.1 Å². The van der Waals surface area contributed by atoms with Crippen LogP contribution in [0.15, 0.2) is 36.4 Å². The second-order valence-electron chi connectivity index (χ2n) is 5.40. The van der Waals surface area contributed by atoms with Crippen LogP contribution in [0, 0.1) is 0 Å². The number of rotatable bonds is 4. The molecule has 132 valence electrons. The van der Waals surface area contributed by atoms with E-state index in [-0.39, 0.29) is 21.9 Å². The molecule has 5 nitrogen and oxygen atoms in total. The molecule has 1 aromatic heterocycles. The van der Waals surface area contributed by atoms with Gasteiger partial charge in [-0.2, -0.15) is 0 Å². The summed E-state index contributed by atoms with van der Waals surface area (Å²) in [5, 5.41) is 20.4. The zero-order chi connectivity index (χ0) is 19.0. The summed E-state index contributed by atoms with van der Waals surface area (Å²) in [5.41, 5.74) is 0.638. The normalized spacial score (nSPS) is 11.7. The van der Waals surface area contributed by atoms with Gasteiger partial charge in [-0.3, -0.25) is 0 Å². The van der Waals surface area contributed by atoms with E-state index in [1.54, 1.807) is 12.1 Å². The fourth-order valence-electron chi connectivity index (χ4n) is 2.63. The fraction of sp³-hybridized carbons (Fsp3) is 0. The van der Waals surface area contributed by atoms with Gasteiger partial charge in [0.1, 0.15) is 5.69 Å². The maximum atomic E-state index is 11.8. The van der Waals surface area contributed by atoms with Gasteiger partial charge in [-0.1, -0.05) is 46.9 Å². The largest absolute Gasteiger partial charge is 0.478 e. The second-order valence-corrected chi connectivity index (χ2v) is 6.68. The average molecular weight is 411 g/mol. The molecule has 0 fully saturated rings. The van der Waals surface area contributed by atoms with Crippen molar-refractivity contribution in [3.63, 3.8) is 0 Å². The average Bonchev–Trinajstić information content (AvgIpc) is 2.92. The van der Waals surface area contributed by atoms with Gasteiger partial charge in [0.2, 0.25) is 0 Å². The van der Waals surface area contributed by atoms with Gasteiger partial charge in [0.15, 0.2) is 0 Å². The molecular weight excluding hydrogens is 401 g/mol. The first kappa shape index (κ1) is 18.3. The first-order chi connectivity index (χ1) is 12.3. The Labute approximate surface area is 162 Å². The highest BCUT2D eigenvalue weighted by molar-refractivity contribution is 6.39. The Morgan fingerprint density at radius 2 is 1.62 bits per heavy atom. The predicted octanol–water partition coefficient (Wildman–Crippen LogP) is 5.45. The molecule has 0 radical (unpaired) electrons. The third kappa shape index (κ3) is 3.42. The van der Waals surface area contributed by atoms with E-state index in [0.717, 1.165) is 0 Å². The van der Waals surface area contributed by atoms with Crippen LogP contribution in [0.3, 0.4) is 0 Å². The number of carbonyl (C=O) groups is 2. The van der Waals surface area contributed by atoms with Crippen LogP contribution in [0.2, 0.25) is 15.1 Å². The van der Waals surface area contributed by atoms with Crippen molar-refractivity contribution in [3.8, 4) is 0 Å².